The van der Waals surface area contributed by atoms with Crippen molar-refractivity contribution in [3.63, 3.8) is 0 Å². The van der Waals surface area contributed by atoms with Gasteiger partial charge in [-0.3, -0.25) is 4.84 Å². The Morgan fingerprint density at radius 2 is 1.82 bits per heavy atom. The number of nitrogens with two attached hydrogens (primary N) is 2. The van der Waals surface area contributed by atoms with E-state index >= 15 is 0 Å². The Labute approximate surface area is 225 Å². The molecule has 7 rings (SSSR count). The molecule has 5 aromatic rings. The normalized spacial score (nSPS) is 17.9. The predicted molar refractivity (Wildman–Crippen MR) is 144 cm³/mol. The number of anilines is 2. The van der Waals surface area contributed by atoms with E-state index in [0.29, 0.717) is 59.4 Å². The standard InChI is InChI=1S/C25H21N12O3/c26-19-13-20-30-21(17-6-2-10-38-17)29-14-37(20,35-19)40-16-5-1-4-15(12-16)8-9-28-24-32-23(27)36-25(33-24)31-22(34-36)18-7-3-11-39-18/h1-7,10-14H,8-9H2,(H2,26,35)(H3,27,28,31,32,33,34)/q+1. The first kappa shape index (κ1) is 23.3. The molecule has 198 valence electrons. The maximum atomic E-state index is 6.23. The van der Waals surface area contributed by atoms with Crippen LogP contribution in [0.3, 0.4) is 0 Å². The number of nitrogen functional groups attached to an aromatic ring is 1. The predicted octanol–water partition coefficient (Wildman–Crippen LogP) is 2.34. The highest BCUT2D eigenvalue weighted by atomic mass is 16.8. The first-order valence-electron chi connectivity index (χ1n) is 12.2. The summed E-state index contributed by atoms with van der Waals surface area (Å²) in [5, 5.41) is 11.9. The van der Waals surface area contributed by atoms with Crippen molar-refractivity contribution in [3.8, 4) is 17.3 Å². The van der Waals surface area contributed by atoms with Crippen LogP contribution in [0.1, 0.15) is 11.3 Å². The van der Waals surface area contributed by atoms with E-state index < -0.39 is 4.76 Å². The van der Waals surface area contributed by atoms with Gasteiger partial charge in [-0.1, -0.05) is 12.1 Å². The van der Waals surface area contributed by atoms with Crippen LogP contribution in [-0.2, 0) is 6.42 Å². The largest absolute Gasteiger partial charge is 0.461 e. The molecule has 1 atom stereocenters. The van der Waals surface area contributed by atoms with Crippen molar-refractivity contribution in [1.82, 2.24) is 24.6 Å². The number of rotatable bonds is 8. The Morgan fingerprint density at radius 1 is 0.975 bits per heavy atom. The number of aliphatic imine (C=N–C) groups is 2. The summed E-state index contributed by atoms with van der Waals surface area (Å²) in [5.41, 5.74) is 13.1. The average molecular weight is 538 g/mol. The number of nitrogens with one attached hydrogen (secondary N) is 1. The number of hydrogen-bond acceptors (Lipinski definition) is 13. The molecule has 4 aromatic heterocycles. The Kier molecular flexibility index (Phi) is 5.34. The van der Waals surface area contributed by atoms with Gasteiger partial charge in [0, 0.05) is 6.54 Å². The molecule has 0 saturated heterocycles. The maximum absolute atomic E-state index is 6.23. The van der Waals surface area contributed by atoms with E-state index in [9.17, 15) is 0 Å². The van der Waals surface area contributed by atoms with Crippen LogP contribution in [-0.4, -0.2) is 53.9 Å². The fraction of sp³-hybridized carbons (Fsp3) is 0.0800. The zero-order valence-corrected chi connectivity index (χ0v) is 20.7. The molecule has 15 nitrogen and oxygen atoms in total. The van der Waals surface area contributed by atoms with Crippen LogP contribution in [0.15, 0.2) is 96.9 Å². The first-order valence-corrected chi connectivity index (χ1v) is 12.2. The van der Waals surface area contributed by atoms with E-state index in [1.807, 2.05) is 24.3 Å². The summed E-state index contributed by atoms with van der Waals surface area (Å²) in [6.07, 6.45) is 6.89. The highest BCUT2D eigenvalue weighted by Crippen LogP contribution is 2.30. The topological polar surface area (TPSA) is 193 Å². The minimum absolute atomic E-state index is 0.150. The number of furan rings is 2. The summed E-state index contributed by atoms with van der Waals surface area (Å²) in [5.74, 6) is 3.89. The van der Waals surface area contributed by atoms with E-state index in [1.54, 1.807) is 42.9 Å². The Bertz CT molecular complexity index is 1840. The summed E-state index contributed by atoms with van der Waals surface area (Å²) in [6.45, 7) is 0.521. The second kappa shape index (κ2) is 9.17. The average Bonchev–Trinajstić information content (AvgIpc) is 3.75. The zero-order chi connectivity index (χ0) is 27.1. The first-order chi connectivity index (χ1) is 19.5. The van der Waals surface area contributed by atoms with Crippen molar-refractivity contribution < 1.29 is 18.4 Å². The minimum atomic E-state index is -0.441. The van der Waals surface area contributed by atoms with Gasteiger partial charge in [-0.05, 0) is 53.5 Å². The second-order valence-electron chi connectivity index (χ2n) is 8.75. The van der Waals surface area contributed by atoms with E-state index in [-0.39, 0.29) is 11.8 Å². The highest BCUT2D eigenvalue weighted by Gasteiger charge is 2.45. The van der Waals surface area contributed by atoms with Gasteiger partial charge >= 0.3 is 5.82 Å². The van der Waals surface area contributed by atoms with Crippen molar-refractivity contribution in [2.45, 2.75) is 6.42 Å². The fourth-order valence-corrected chi connectivity index (χ4v) is 4.18. The number of hydrogen-bond donors (Lipinski definition) is 3. The summed E-state index contributed by atoms with van der Waals surface area (Å²) in [6, 6.07) is 14.6. The number of amidine groups is 2. The third-order valence-electron chi connectivity index (χ3n) is 5.98. The van der Waals surface area contributed by atoms with Crippen molar-refractivity contribution in [2.24, 2.45) is 20.8 Å². The third kappa shape index (κ3) is 4.21. The van der Waals surface area contributed by atoms with Gasteiger partial charge in [0.2, 0.25) is 23.6 Å². The number of benzene rings is 1. The van der Waals surface area contributed by atoms with Crippen LogP contribution in [0.5, 0.6) is 5.75 Å². The molecule has 0 saturated carbocycles. The maximum Gasteiger partial charge on any atom is 0.310 e. The summed E-state index contributed by atoms with van der Waals surface area (Å²) in [4.78, 5) is 28.2. The Balaban J connectivity index is 1.04. The quantitative estimate of drug-likeness (QED) is 0.247. The lowest BCUT2D eigenvalue weighted by atomic mass is 10.1. The summed E-state index contributed by atoms with van der Waals surface area (Å²) < 4.78 is 11.7. The Hall–Kier alpha value is -5.83. The van der Waals surface area contributed by atoms with E-state index in [0.717, 1.165) is 5.56 Å². The molecular formula is C25H21N12O3+. The number of quaternary nitrogens is 1. The van der Waals surface area contributed by atoms with Crippen molar-refractivity contribution in [1.29, 1.82) is 0 Å². The van der Waals surface area contributed by atoms with E-state index in [2.05, 4.69) is 40.5 Å². The molecule has 1 unspecified atom stereocenters. The van der Waals surface area contributed by atoms with Gasteiger partial charge in [0.05, 0.1) is 23.4 Å². The lowest BCUT2D eigenvalue weighted by molar-refractivity contribution is -0.973. The molecule has 0 fully saturated rings. The molecule has 0 bridgehead atoms. The molecule has 1 aromatic carbocycles. The third-order valence-corrected chi connectivity index (χ3v) is 5.98. The molecule has 6 heterocycles. The molecule has 15 heteroatoms. The number of nitrogens with zero attached hydrogens (tertiary/aromatic N) is 9. The van der Waals surface area contributed by atoms with E-state index in [4.69, 9.17) is 25.1 Å². The number of hydroxylamine groups is 2. The molecule has 40 heavy (non-hydrogen) atoms. The van der Waals surface area contributed by atoms with Crippen molar-refractivity contribution >= 4 is 35.7 Å². The van der Waals surface area contributed by atoms with Crippen LogP contribution in [0.4, 0.5) is 11.9 Å². The molecule has 0 aliphatic carbocycles. The van der Waals surface area contributed by atoms with Crippen molar-refractivity contribution in [2.75, 3.05) is 17.6 Å². The van der Waals surface area contributed by atoms with Gasteiger partial charge in [0.25, 0.3) is 12.1 Å². The zero-order valence-electron chi connectivity index (χ0n) is 20.7. The van der Waals surface area contributed by atoms with Crippen LogP contribution in [0, 0.1) is 0 Å². The van der Waals surface area contributed by atoms with Crippen LogP contribution in [0.2, 0.25) is 0 Å². The summed E-state index contributed by atoms with van der Waals surface area (Å²) >= 11 is 0. The highest BCUT2D eigenvalue weighted by molar-refractivity contribution is 6.03. The van der Waals surface area contributed by atoms with Crippen LogP contribution in [0.25, 0.3) is 17.4 Å². The lowest BCUT2D eigenvalue weighted by Gasteiger charge is -2.23. The molecule has 2 aliphatic heterocycles. The van der Waals surface area contributed by atoms with Gasteiger partial charge < -0.3 is 25.6 Å². The van der Waals surface area contributed by atoms with Gasteiger partial charge in [0.15, 0.2) is 23.1 Å². The molecule has 2 aliphatic rings. The van der Waals surface area contributed by atoms with Gasteiger partial charge in [-0.15, -0.1) is 5.10 Å². The van der Waals surface area contributed by atoms with Gasteiger partial charge in [0.1, 0.15) is 0 Å². The van der Waals surface area contributed by atoms with Crippen molar-refractivity contribution in [3.05, 3.63) is 84.3 Å². The lowest BCUT2D eigenvalue weighted by Crippen LogP contribution is -2.44. The summed E-state index contributed by atoms with van der Waals surface area (Å²) in [7, 11) is 0. The fourth-order valence-electron chi connectivity index (χ4n) is 4.18. The molecule has 0 spiro atoms. The van der Waals surface area contributed by atoms with Gasteiger partial charge in [-0.2, -0.15) is 29.5 Å². The van der Waals surface area contributed by atoms with Crippen LogP contribution >= 0.6 is 0 Å². The Morgan fingerprint density at radius 3 is 2.65 bits per heavy atom. The monoisotopic (exact) mass is 537 g/mol. The van der Waals surface area contributed by atoms with Crippen LogP contribution < -0.4 is 21.6 Å². The second-order valence-corrected chi connectivity index (χ2v) is 8.75. The van der Waals surface area contributed by atoms with E-state index in [1.165, 1.54) is 10.9 Å². The molecular weight excluding hydrogens is 516 g/mol. The van der Waals surface area contributed by atoms with Gasteiger partial charge in [-0.25, -0.2) is 0 Å². The number of fused-ring (bicyclic) bond motifs is 2. The molecule has 0 amide bonds. The molecule has 0 radical (unpaired) electrons. The smallest absolute Gasteiger partial charge is 0.310 e. The molecule has 5 N–H and O–H groups in total. The minimum Gasteiger partial charge on any atom is -0.461 e. The number of aromatic nitrogens is 5. The SMILES string of the molecule is NC1=N[N+]2(Oc3cccc(CCNc4nc(N)n5nc(-c6ccco6)nc5n4)c3)C=NC(c3ccco3)=NC2=C1.